The van der Waals surface area contributed by atoms with Crippen LogP contribution in [-0.2, 0) is 0 Å². The lowest BCUT2D eigenvalue weighted by Crippen LogP contribution is -1.92. The lowest BCUT2D eigenvalue weighted by Gasteiger charge is -2.07. The molecule has 0 bridgehead atoms. The minimum Gasteiger partial charge on any atom is -0.298 e. The van der Waals surface area contributed by atoms with E-state index in [0.717, 1.165) is 0 Å². The molecule has 2 aromatic rings. The van der Waals surface area contributed by atoms with Crippen LogP contribution in [0, 0.1) is 18.6 Å². The molecule has 0 spiro atoms. The molecular formula is C14H10F2O. The van der Waals surface area contributed by atoms with Gasteiger partial charge < -0.3 is 0 Å². The summed E-state index contributed by atoms with van der Waals surface area (Å²) in [4.78, 5) is 10.7. The van der Waals surface area contributed by atoms with Gasteiger partial charge in [0, 0.05) is 11.1 Å². The maximum Gasteiger partial charge on any atom is 0.150 e. The second-order valence-corrected chi connectivity index (χ2v) is 3.81. The number of carbonyl (C=O) groups excluding carboxylic acids is 1. The standard InChI is InChI=1S/C14H10F2O/c1-9-6-13(14(16)7-11(9)8-17)10-2-4-12(15)5-3-10/h2-8H,1H3. The fraction of sp³-hybridized carbons (Fsp3) is 0.0714. The molecule has 3 heteroatoms. The molecule has 0 radical (unpaired) electrons. The van der Waals surface area contributed by atoms with Crippen LogP contribution in [0.25, 0.3) is 11.1 Å². The minimum atomic E-state index is -0.482. The van der Waals surface area contributed by atoms with Gasteiger partial charge in [-0.25, -0.2) is 8.78 Å². The Hall–Kier alpha value is -2.03. The number of rotatable bonds is 2. The molecule has 86 valence electrons. The van der Waals surface area contributed by atoms with Gasteiger partial charge in [-0.05, 0) is 42.3 Å². The molecule has 0 unspecified atom stereocenters. The summed E-state index contributed by atoms with van der Waals surface area (Å²) in [6.07, 6.45) is 0.618. The second-order valence-electron chi connectivity index (χ2n) is 3.81. The van der Waals surface area contributed by atoms with Crippen LogP contribution in [0.2, 0.25) is 0 Å². The van der Waals surface area contributed by atoms with Crippen molar-refractivity contribution in [3.8, 4) is 11.1 Å². The number of aryl methyl sites for hydroxylation is 1. The summed E-state index contributed by atoms with van der Waals surface area (Å²) in [6, 6.07) is 8.35. The summed E-state index contributed by atoms with van der Waals surface area (Å²) in [6.45, 7) is 1.73. The largest absolute Gasteiger partial charge is 0.298 e. The quantitative estimate of drug-likeness (QED) is 0.720. The van der Waals surface area contributed by atoms with E-state index in [1.54, 1.807) is 13.0 Å². The first-order chi connectivity index (χ1) is 8.11. The predicted octanol–water partition coefficient (Wildman–Crippen LogP) is 3.75. The van der Waals surface area contributed by atoms with E-state index in [4.69, 9.17) is 0 Å². The first-order valence-corrected chi connectivity index (χ1v) is 5.13. The summed E-state index contributed by atoms with van der Waals surface area (Å²) in [5.41, 5.74) is 1.98. The average Bonchev–Trinajstić information content (AvgIpc) is 2.33. The molecule has 0 fully saturated rings. The van der Waals surface area contributed by atoms with E-state index in [-0.39, 0.29) is 5.82 Å². The lowest BCUT2D eigenvalue weighted by molar-refractivity contribution is 0.112. The molecule has 0 heterocycles. The molecule has 0 saturated heterocycles. The van der Waals surface area contributed by atoms with E-state index in [1.165, 1.54) is 30.3 Å². The van der Waals surface area contributed by atoms with Gasteiger partial charge in [0.2, 0.25) is 0 Å². The Balaban J connectivity index is 2.56. The fourth-order valence-electron chi connectivity index (χ4n) is 1.67. The molecule has 17 heavy (non-hydrogen) atoms. The Labute approximate surface area is 97.7 Å². The zero-order valence-electron chi connectivity index (χ0n) is 9.21. The zero-order valence-corrected chi connectivity index (χ0v) is 9.21. The van der Waals surface area contributed by atoms with Crippen molar-refractivity contribution in [3.63, 3.8) is 0 Å². The van der Waals surface area contributed by atoms with Crippen LogP contribution < -0.4 is 0 Å². The molecule has 2 rings (SSSR count). The zero-order chi connectivity index (χ0) is 12.4. The number of benzene rings is 2. The van der Waals surface area contributed by atoms with Crippen LogP contribution in [-0.4, -0.2) is 6.29 Å². The molecule has 0 aliphatic rings. The van der Waals surface area contributed by atoms with Crippen molar-refractivity contribution < 1.29 is 13.6 Å². The molecule has 0 aliphatic heterocycles. The SMILES string of the molecule is Cc1cc(-c2ccc(F)cc2)c(F)cc1C=O. The minimum absolute atomic E-state index is 0.327. The third kappa shape index (κ3) is 2.23. The van der Waals surface area contributed by atoms with Crippen LogP contribution in [0.1, 0.15) is 15.9 Å². The molecule has 0 aliphatic carbocycles. The summed E-state index contributed by atoms with van der Waals surface area (Å²) in [5, 5.41) is 0. The van der Waals surface area contributed by atoms with Crippen LogP contribution in [0.3, 0.4) is 0 Å². The molecular weight excluding hydrogens is 222 g/mol. The highest BCUT2D eigenvalue weighted by atomic mass is 19.1. The van der Waals surface area contributed by atoms with Crippen LogP contribution >= 0.6 is 0 Å². The monoisotopic (exact) mass is 232 g/mol. The van der Waals surface area contributed by atoms with E-state index >= 15 is 0 Å². The number of hydrogen-bond donors (Lipinski definition) is 0. The molecule has 0 aromatic heterocycles. The molecule has 0 amide bonds. The van der Waals surface area contributed by atoms with E-state index < -0.39 is 5.82 Å². The van der Waals surface area contributed by atoms with Crippen molar-refractivity contribution in [2.75, 3.05) is 0 Å². The topological polar surface area (TPSA) is 17.1 Å². The van der Waals surface area contributed by atoms with Crippen LogP contribution in [0.4, 0.5) is 8.78 Å². The first-order valence-electron chi connectivity index (χ1n) is 5.13. The van der Waals surface area contributed by atoms with Crippen molar-refractivity contribution >= 4 is 6.29 Å². The Morgan fingerprint density at radius 1 is 1.06 bits per heavy atom. The highest BCUT2D eigenvalue weighted by Gasteiger charge is 2.08. The fourth-order valence-corrected chi connectivity index (χ4v) is 1.67. The van der Waals surface area contributed by atoms with Gasteiger partial charge in [-0.15, -0.1) is 0 Å². The molecule has 2 aromatic carbocycles. The Morgan fingerprint density at radius 3 is 2.29 bits per heavy atom. The van der Waals surface area contributed by atoms with E-state index in [2.05, 4.69) is 0 Å². The van der Waals surface area contributed by atoms with Crippen molar-refractivity contribution in [1.82, 2.24) is 0 Å². The maximum absolute atomic E-state index is 13.8. The van der Waals surface area contributed by atoms with Gasteiger partial charge in [0.25, 0.3) is 0 Å². The van der Waals surface area contributed by atoms with Gasteiger partial charge in [0.05, 0.1) is 0 Å². The van der Waals surface area contributed by atoms with Crippen LogP contribution in [0.5, 0.6) is 0 Å². The van der Waals surface area contributed by atoms with E-state index in [1.807, 2.05) is 0 Å². The Bertz CT molecular complexity index is 559. The highest BCUT2D eigenvalue weighted by molar-refractivity contribution is 5.79. The number of aldehydes is 1. The van der Waals surface area contributed by atoms with Gasteiger partial charge >= 0.3 is 0 Å². The normalized spacial score (nSPS) is 10.3. The number of hydrogen-bond acceptors (Lipinski definition) is 1. The van der Waals surface area contributed by atoms with Gasteiger partial charge in [0.1, 0.15) is 17.9 Å². The molecule has 0 saturated carbocycles. The van der Waals surface area contributed by atoms with Gasteiger partial charge in [-0.2, -0.15) is 0 Å². The third-order valence-electron chi connectivity index (χ3n) is 2.64. The number of carbonyl (C=O) groups is 1. The Morgan fingerprint density at radius 2 is 1.71 bits per heavy atom. The van der Waals surface area contributed by atoms with Crippen molar-refractivity contribution in [1.29, 1.82) is 0 Å². The highest BCUT2D eigenvalue weighted by Crippen LogP contribution is 2.25. The number of halogens is 2. The Kier molecular flexibility index (Phi) is 3.00. The van der Waals surface area contributed by atoms with Gasteiger partial charge in [-0.1, -0.05) is 12.1 Å². The summed E-state index contributed by atoms with van der Waals surface area (Å²) >= 11 is 0. The molecule has 0 atom stereocenters. The smallest absolute Gasteiger partial charge is 0.150 e. The van der Waals surface area contributed by atoms with Crippen molar-refractivity contribution in [2.45, 2.75) is 6.92 Å². The van der Waals surface area contributed by atoms with Crippen molar-refractivity contribution in [2.24, 2.45) is 0 Å². The molecule has 1 nitrogen and oxygen atoms in total. The summed E-state index contributed by atoms with van der Waals surface area (Å²) in [7, 11) is 0. The van der Waals surface area contributed by atoms with Gasteiger partial charge in [-0.3, -0.25) is 4.79 Å². The van der Waals surface area contributed by atoms with Crippen LogP contribution in [0.15, 0.2) is 36.4 Å². The third-order valence-corrected chi connectivity index (χ3v) is 2.64. The molecule has 0 N–H and O–H groups in total. The first kappa shape index (κ1) is 11.5. The summed E-state index contributed by atoms with van der Waals surface area (Å²) in [5.74, 6) is -0.848. The lowest BCUT2D eigenvalue weighted by atomic mass is 9.99. The predicted molar refractivity (Wildman–Crippen MR) is 61.9 cm³/mol. The second kappa shape index (κ2) is 4.45. The maximum atomic E-state index is 13.8. The van der Waals surface area contributed by atoms with Crippen molar-refractivity contribution in [3.05, 3.63) is 59.2 Å². The summed E-state index contributed by atoms with van der Waals surface area (Å²) < 4.78 is 26.5. The van der Waals surface area contributed by atoms with E-state index in [0.29, 0.717) is 28.5 Å². The van der Waals surface area contributed by atoms with E-state index in [9.17, 15) is 13.6 Å². The average molecular weight is 232 g/mol. The van der Waals surface area contributed by atoms with Gasteiger partial charge in [0.15, 0.2) is 0 Å².